The molecule has 0 radical (unpaired) electrons. The van der Waals surface area contributed by atoms with Crippen LogP contribution in [-0.4, -0.2) is 33.3 Å². The molecule has 0 saturated carbocycles. The maximum Gasteiger partial charge on any atom is 0.221 e. The summed E-state index contributed by atoms with van der Waals surface area (Å²) in [5.74, 6) is -0.217. The molecule has 118 valence electrons. The van der Waals surface area contributed by atoms with E-state index in [0.29, 0.717) is 0 Å². The van der Waals surface area contributed by atoms with Gasteiger partial charge in [0.25, 0.3) is 0 Å². The minimum Gasteiger partial charge on any atom is -0.369 e. The fourth-order valence-corrected chi connectivity index (χ4v) is 3.96. The van der Waals surface area contributed by atoms with E-state index in [2.05, 4.69) is 33.0 Å². The predicted octanol–water partition coefficient (Wildman–Crippen LogP) is 2.37. The van der Waals surface area contributed by atoms with Crippen LogP contribution in [0.3, 0.4) is 0 Å². The number of rotatable bonds is 4. The Morgan fingerprint density at radius 2 is 2.17 bits per heavy atom. The second kappa shape index (κ2) is 5.79. The maximum absolute atomic E-state index is 11.4. The lowest BCUT2D eigenvalue weighted by molar-refractivity contribution is -0.121. The zero-order valence-corrected chi connectivity index (χ0v) is 13.5. The summed E-state index contributed by atoms with van der Waals surface area (Å²) in [4.78, 5) is 19.5. The Kier molecular flexibility index (Phi) is 3.63. The Labute approximate surface area is 138 Å². The predicted molar refractivity (Wildman–Crippen MR) is 91.1 cm³/mol. The molecule has 1 atom stereocenters. The molecule has 1 aliphatic rings. The van der Waals surface area contributed by atoms with Crippen LogP contribution < -0.4 is 5.73 Å². The third kappa shape index (κ3) is 2.64. The van der Waals surface area contributed by atoms with E-state index in [9.17, 15) is 4.79 Å². The van der Waals surface area contributed by atoms with Crippen molar-refractivity contribution in [3.05, 3.63) is 47.6 Å². The molecule has 4 rings (SSSR count). The van der Waals surface area contributed by atoms with Gasteiger partial charge in [-0.2, -0.15) is 0 Å². The van der Waals surface area contributed by atoms with Crippen LogP contribution in [0.1, 0.15) is 12.1 Å². The molecular formula is C17H18N4OS. The van der Waals surface area contributed by atoms with Crippen LogP contribution in [0.2, 0.25) is 0 Å². The van der Waals surface area contributed by atoms with Crippen LogP contribution >= 0.6 is 11.3 Å². The smallest absolute Gasteiger partial charge is 0.221 e. The number of nitrogens with two attached hydrogens (primary N) is 1. The molecule has 0 spiro atoms. The Balaban J connectivity index is 1.68. The van der Waals surface area contributed by atoms with Gasteiger partial charge in [-0.15, -0.1) is 11.3 Å². The highest BCUT2D eigenvalue weighted by Crippen LogP contribution is 2.29. The molecule has 1 aliphatic heterocycles. The summed E-state index contributed by atoms with van der Waals surface area (Å²) >= 11 is 1.64. The largest absolute Gasteiger partial charge is 0.369 e. The van der Waals surface area contributed by atoms with Gasteiger partial charge in [-0.25, -0.2) is 4.98 Å². The molecule has 2 aromatic heterocycles. The van der Waals surface area contributed by atoms with Crippen LogP contribution in [0, 0.1) is 5.92 Å². The van der Waals surface area contributed by atoms with Crippen molar-refractivity contribution in [2.45, 2.75) is 13.0 Å². The van der Waals surface area contributed by atoms with Crippen molar-refractivity contribution in [3.63, 3.8) is 0 Å². The van der Waals surface area contributed by atoms with Gasteiger partial charge in [-0.1, -0.05) is 30.3 Å². The third-order valence-electron chi connectivity index (χ3n) is 4.46. The Morgan fingerprint density at radius 1 is 1.35 bits per heavy atom. The zero-order valence-electron chi connectivity index (χ0n) is 12.7. The molecule has 0 aliphatic carbocycles. The van der Waals surface area contributed by atoms with Gasteiger partial charge in [-0.3, -0.25) is 14.1 Å². The number of aromatic nitrogens is 2. The van der Waals surface area contributed by atoms with E-state index in [-0.39, 0.29) is 11.8 Å². The molecule has 23 heavy (non-hydrogen) atoms. The summed E-state index contributed by atoms with van der Waals surface area (Å²) in [5.41, 5.74) is 8.78. The molecular weight excluding hydrogens is 308 g/mol. The molecule has 5 nitrogen and oxygen atoms in total. The first-order chi connectivity index (χ1) is 11.2. The highest BCUT2D eigenvalue weighted by Gasteiger charge is 2.28. The highest BCUT2D eigenvalue weighted by molar-refractivity contribution is 7.15. The van der Waals surface area contributed by atoms with E-state index in [0.717, 1.165) is 42.3 Å². The van der Waals surface area contributed by atoms with E-state index < -0.39 is 0 Å². The third-order valence-corrected chi connectivity index (χ3v) is 5.21. The summed E-state index contributed by atoms with van der Waals surface area (Å²) in [6.45, 7) is 2.42. The van der Waals surface area contributed by atoms with Crippen molar-refractivity contribution in [1.82, 2.24) is 14.3 Å². The molecule has 1 aromatic carbocycles. The van der Waals surface area contributed by atoms with Crippen molar-refractivity contribution in [1.29, 1.82) is 0 Å². The molecule has 3 aromatic rings. The number of carbonyl (C=O) groups excluding carboxylic acids is 1. The summed E-state index contributed by atoms with van der Waals surface area (Å²) < 4.78 is 2.16. The Bertz CT molecular complexity index is 839. The molecule has 1 fully saturated rings. The number of carbonyl (C=O) groups is 1. The fourth-order valence-electron chi connectivity index (χ4n) is 3.23. The van der Waals surface area contributed by atoms with Crippen molar-refractivity contribution in [2.24, 2.45) is 11.7 Å². The molecule has 6 heteroatoms. The SMILES string of the molecule is NC(=O)[C@@H]1CCN(Cc2c(-c3ccccc3)nc3sccn23)C1. The summed E-state index contributed by atoms with van der Waals surface area (Å²) in [6, 6.07) is 10.3. The number of primary amides is 1. The molecule has 1 amide bonds. The number of nitrogens with zero attached hydrogens (tertiary/aromatic N) is 3. The molecule has 1 saturated heterocycles. The van der Waals surface area contributed by atoms with E-state index in [1.807, 2.05) is 18.2 Å². The summed E-state index contributed by atoms with van der Waals surface area (Å²) in [6.07, 6.45) is 2.91. The van der Waals surface area contributed by atoms with E-state index in [1.165, 1.54) is 5.69 Å². The minimum atomic E-state index is -0.190. The minimum absolute atomic E-state index is 0.0268. The maximum atomic E-state index is 11.4. The monoisotopic (exact) mass is 326 g/mol. The lowest BCUT2D eigenvalue weighted by Crippen LogP contribution is -2.27. The van der Waals surface area contributed by atoms with E-state index in [4.69, 9.17) is 10.7 Å². The van der Waals surface area contributed by atoms with Gasteiger partial charge < -0.3 is 5.73 Å². The van der Waals surface area contributed by atoms with Gasteiger partial charge >= 0.3 is 0 Å². The van der Waals surface area contributed by atoms with Gasteiger partial charge in [0.15, 0.2) is 4.96 Å². The van der Waals surface area contributed by atoms with Crippen LogP contribution in [0.5, 0.6) is 0 Å². The molecule has 2 N–H and O–H groups in total. The van der Waals surface area contributed by atoms with Gasteiger partial charge in [-0.05, 0) is 13.0 Å². The van der Waals surface area contributed by atoms with Gasteiger partial charge in [0.05, 0.1) is 17.3 Å². The van der Waals surface area contributed by atoms with Gasteiger partial charge in [0.1, 0.15) is 0 Å². The van der Waals surface area contributed by atoms with Crippen molar-refractivity contribution in [2.75, 3.05) is 13.1 Å². The first kappa shape index (κ1) is 14.4. The zero-order chi connectivity index (χ0) is 15.8. The van der Waals surface area contributed by atoms with Gasteiger partial charge in [0.2, 0.25) is 5.91 Å². The highest BCUT2D eigenvalue weighted by atomic mass is 32.1. The number of imidazole rings is 1. The average molecular weight is 326 g/mol. The number of fused-ring (bicyclic) bond motifs is 1. The lowest BCUT2D eigenvalue weighted by atomic mass is 10.1. The van der Waals surface area contributed by atoms with E-state index >= 15 is 0 Å². The number of amides is 1. The first-order valence-corrected chi connectivity index (χ1v) is 8.62. The van der Waals surface area contributed by atoms with Crippen LogP contribution in [0.25, 0.3) is 16.2 Å². The molecule has 0 unspecified atom stereocenters. The van der Waals surface area contributed by atoms with Crippen molar-refractivity contribution >= 4 is 22.2 Å². The Hall–Kier alpha value is -2.18. The lowest BCUT2D eigenvalue weighted by Gasteiger charge is -2.16. The number of hydrogen-bond acceptors (Lipinski definition) is 4. The normalized spacial score (nSPS) is 18.7. The molecule has 0 bridgehead atoms. The van der Waals surface area contributed by atoms with Gasteiger partial charge in [0, 0.05) is 30.2 Å². The van der Waals surface area contributed by atoms with Crippen LogP contribution in [-0.2, 0) is 11.3 Å². The number of thiazole rings is 1. The second-order valence-corrected chi connectivity index (χ2v) is 6.82. The number of likely N-dealkylation sites (tertiary alicyclic amines) is 1. The fraction of sp³-hybridized carbons (Fsp3) is 0.294. The van der Waals surface area contributed by atoms with Crippen molar-refractivity contribution in [3.8, 4) is 11.3 Å². The first-order valence-electron chi connectivity index (χ1n) is 7.74. The topological polar surface area (TPSA) is 63.6 Å². The quantitative estimate of drug-likeness (QED) is 0.800. The number of hydrogen-bond donors (Lipinski definition) is 1. The van der Waals surface area contributed by atoms with E-state index in [1.54, 1.807) is 11.3 Å². The summed E-state index contributed by atoms with van der Waals surface area (Å²) in [5, 5.41) is 2.05. The Morgan fingerprint density at radius 3 is 2.91 bits per heavy atom. The van der Waals surface area contributed by atoms with Crippen LogP contribution in [0.15, 0.2) is 41.9 Å². The molecule has 3 heterocycles. The van der Waals surface area contributed by atoms with Crippen LogP contribution in [0.4, 0.5) is 0 Å². The standard InChI is InChI=1S/C17H18N4OS/c18-16(22)13-6-7-20(10-13)11-14-15(12-4-2-1-3-5-12)19-17-21(14)8-9-23-17/h1-5,8-9,13H,6-7,10-11H2,(H2,18,22)/t13-/m1/s1. The average Bonchev–Trinajstić information content (AvgIpc) is 3.26. The summed E-state index contributed by atoms with van der Waals surface area (Å²) in [7, 11) is 0. The second-order valence-electron chi connectivity index (χ2n) is 5.95. The number of benzene rings is 1. The van der Waals surface area contributed by atoms with Crippen molar-refractivity contribution < 1.29 is 4.79 Å².